The molecule has 1 aliphatic heterocycles. The van der Waals surface area contributed by atoms with Gasteiger partial charge in [-0.3, -0.25) is 10.2 Å². The Kier molecular flexibility index (Phi) is 5.19. The van der Waals surface area contributed by atoms with Crippen LogP contribution in [0, 0.1) is 6.92 Å². The summed E-state index contributed by atoms with van der Waals surface area (Å²) >= 11 is 1.55. The lowest BCUT2D eigenvalue weighted by molar-refractivity contribution is 0.125. The summed E-state index contributed by atoms with van der Waals surface area (Å²) in [5.41, 5.74) is 1.75. The van der Waals surface area contributed by atoms with Crippen molar-refractivity contribution in [3.05, 3.63) is 29.3 Å². The maximum atomic E-state index is 12.6. The van der Waals surface area contributed by atoms with Gasteiger partial charge in [0.15, 0.2) is 5.82 Å². The molecule has 1 saturated heterocycles. The number of fused-ring (bicyclic) bond motifs is 1. The van der Waals surface area contributed by atoms with Gasteiger partial charge in [-0.2, -0.15) is 0 Å². The van der Waals surface area contributed by atoms with Gasteiger partial charge in [0.1, 0.15) is 10.0 Å². The van der Waals surface area contributed by atoms with E-state index in [2.05, 4.69) is 44.5 Å². The number of benzene rings is 1. The fraction of sp³-hybridized carbons (Fsp3) is 0.421. The van der Waals surface area contributed by atoms with Crippen LogP contribution in [0.5, 0.6) is 0 Å². The number of anilines is 1. The fourth-order valence-electron chi connectivity index (χ4n) is 3.28. The highest BCUT2D eigenvalue weighted by Gasteiger charge is 2.22. The van der Waals surface area contributed by atoms with Crippen LogP contribution < -0.4 is 5.32 Å². The number of hydrogen-bond donors (Lipinski definition) is 1. The fourth-order valence-corrected chi connectivity index (χ4v) is 3.97. The maximum absolute atomic E-state index is 12.6. The number of aromatic nitrogens is 4. The molecule has 1 aliphatic rings. The van der Waals surface area contributed by atoms with Crippen molar-refractivity contribution in [2.24, 2.45) is 0 Å². The molecule has 0 bridgehead atoms. The van der Waals surface area contributed by atoms with E-state index in [-0.39, 0.29) is 6.03 Å². The van der Waals surface area contributed by atoms with Crippen LogP contribution in [0.3, 0.4) is 0 Å². The molecule has 0 saturated carbocycles. The molecule has 8 nitrogen and oxygen atoms in total. The van der Waals surface area contributed by atoms with Crippen molar-refractivity contribution in [3.8, 4) is 10.6 Å². The quantitative estimate of drug-likeness (QED) is 0.731. The molecule has 146 valence electrons. The summed E-state index contributed by atoms with van der Waals surface area (Å²) in [6.07, 6.45) is 0. The summed E-state index contributed by atoms with van der Waals surface area (Å²) in [7, 11) is 0. The van der Waals surface area contributed by atoms with Crippen molar-refractivity contribution in [1.29, 1.82) is 0 Å². The Morgan fingerprint density at radius 3 is 2.54 bits per heavy atom. The molecule has 9 heteroatoms. The second kappa shape index (κ2) is 7.76. The van der Waals surface area contributed by atoms with Crippen LogP contribution in [0.15, 0.2) is 24.3 Å². The highest BCUT2D eigenvalue weighted by atomic mass is 32.1. The Morgan fingerprint density at radius 2 is 1.86 bits per heavy atom. The van der Waals surface area contributed by atoms with Crippen LogP contribution in [0.25, 0.3) is 21.5 Å². The second-order valence-corrected chi connectivity index (χ2v) is 8.36. The van der Waals surface area contributed by atoms with E-state index in [0.29, 0.717) is 24.9 Å². The average molecular weight is 398 g/mol. The summed E-state index contributed by atoms with van der Waals surface area (Å²) in [6.45, 7) is 9.49. The van der Waals surface area contributed by atoms with E-state index < -0.39 is 0 Å². The van der Waals surface area contributed by atoms with Crippen molar-refractivity contribution in [3.63, 3.8) is 0 Å². The number of urea groups is 1. The molecule has 1 fully saturated rings. The van der Waals surface area contributed by atoms with E-state index in [1.54, 1.807) is 11.3 Å². The first-order valence-corrected chi connectivity index (χ1v) is 10.2. The van der Waals surface area contributed by atoms with E-state index in [1.807, 2.05) is 36.1 Å². The minimum atomic E-state index is -0.132. The third-order valence-corrected chi connectivity index (χ3v) is 5.81. The normalized spacial score (nSPS) is 15.4. The smallest absolute Gasteiger partial charge is 0.322 e. The first-order chi connectivity index (χ1) is 13.5. The number of nitrogens with one attached hydrogen (secondary N) is 1. The van der Waals surface area contributed by atoms with Gasteiger partial charge in [-0.1, -0.05) is 11.3 Å². The zero-order valence-corrected chi connectivity index (χ0v) is 17.0. The molecule has 0 atom stereocenters. The molecular formula is C19H23N7OS. The molecule has 0 spiro atoms. The van der Waals surface area contributed by atoms with Crippen LogP contribution in [-0.4, -0.2) is 68.4 Å². The minimum Gasteiger partial charge on any atom is -0.322 e. The molecule has 1 aromatic carbocycles. The average Bonchev–Trinajstić information content (AvgIpc) is 3.14. The van der Waals surface area contributed by atoms with Crippen LogP contribution in [0.1, 0.15) is 18.9 Å². The van der Waals surface area contributed by atoms with Crippen LogP contribution >= 0.6 is 11.3 Å². The zero-order valence-electron chi connectivity index (χ0n) is 16.2. The van der Waals surface area contributed by atoms with E-state index in [0.717, 1.165) is 39.6 Å². The summed E-state index contributed by atoms with van der Waals surface area (Å²) in [4.78, 5) is 16.8. The number of amides is 2. The Labute approximate surface area is 167 Å². The van der Waals surface area contributed by atoms with Gasteiger partial charge < -0.3 is 4.90 Å². The van der Waals surface area contributed by atoms with Crippen molar-refractivity contribution >= 4 is 34.1 Å². The van der Waals surface area contributed by atoms with Gasteiger partial charge in [0.05, 0.1) is 5.52 Å². The molecule has 0 radical (unpaired) electrons. The highest BCUT2D eigenvalue weighted by Crippen LogP contribution is 2.26. The summed E-state index contributed by atoms with van der Waals surface area (Å²) in [5, 5.41) is 22.2. The summed E-state index contributed by atoms with van der Waals surface area (Å²) in [6, 6.07) is 8.09. The van der Waals surface area contributed by atoms with Crippen molar-refractivity contribution in [1.82, 2.24) is 30.2 Å². The lowest BCUT2D eigenvalue weighted by Gasteiger charge is -2.36. The van der Waals surface area contributed by atoms with Crippen LogP contribution in [0.2, 0.25) is 0 Å². The monoisotopic (exact) mass is 397 g/mol. The Morgan fingerprint density at radius 1 is 1.07 bits per heavy atom. The van der Waals surface area contributed by atoms with Crippen LogP contribution in [-0.2, 0) is 0 Å². The minimum absolute atomic E-state index is 0.132. The Bertz CT molecular complexity index is 995. The third kappa shape index (κ3) is 3.95. The van der Waals surface area contributed by atoms with Crippen molar-refractivity contribution in [2.45, 2.75) is 26.8 Å². The van der Waals surface area contributed by atoms with Crippen LogP contribution in [0.4, 0.5) is 10.6 Å². The predicted octanol–water partition coefficient (Wildman–Crippen LogP) is 3.01. The lowest BCUT2D eigenvalue weighted by Crippen LogP contribution is -2.51. The molecule has 0 unspecified atom stereocenters. The standard InChI is InChI=1S/C19H23N7OS/c1-12(2)25-6-8-26(9-7-25)19(27)20-17-11-15-10-14(4-5-16(15)22-23-17)18-24-21-13(3)28-18/h4-5,10-12H,6-9H2,1-3H3,(H,20,23,27). The van der Waals surface area contributed by atoms with Gasteiger partial charge in [0, 0.05) is 43.2 Å². The molecule has 2 amide bonds. The predicted molar refractivity (Wildman–Crippen MR) is 110 cm³/mol. The number of aryl methyl sites for hydroxylation is 1. The van der Waals surface area contributed by atoms with E-state index in [1.165, 1.54) is 0 Å². The highest BCUT2D eigenvalue weighted by molar-refractivity contribution is 7.14. The van der Waals surface area contributed by atoms with Gasteiger partial charge in [0.2, 0.25) is 0 Å². The molecule has 3 aromatic rings. The topological polar surface area (TPSA) is 87.1 Å². The van der Waals surface area contributed by atoms with Gasteiger partial charge in [0.25, 0.3) is 0 Å². The third-order valence-electron chi connectivity index (χ3n) is 4.92. The van der Waals surface area contributed by atoms with E-state index >= 15 is 0 Å². The Balaban J connectivity index is 1.49. The van der Waals surface area contributed by atoms with E-state index in [9.17, 15) is 4.79 Å². The molecule has 2 aromatic heterocycles. The Hall–Kier alpha value is -2.65. The first kappa shape index (κ1) is 18.7. The maximum Gasteiger partial charge on any atom is 0.323 e. The summed E-state index contributed by atoms with van der Waals surface area (Å²) < 4.78 is 0. The molecule has 4 rings (SSSR count). The lowest BCUT2D eigenvalue weighted by atomic mass is 10.1. The zero-order chi connectivity index (χ0) is 19.7. The molecule has 3 heterocycles. The molecule has 0 aliphatic carbocycles. The largest absolute Gasteiger partial charge is 0.323 e. The molecule has 1 N–H and O–H groups in total. The van der Waals surface area contributed by atoms with Crippen molar-refractivity contribution in [2.75, 3.05) is 31.5 Å². The van der Waals surface area contributed by atoms with Gasteiger partial charge in [-0.15, -0.1) is 20.4 Å². The number of carbonyl (C=O) groups excluding carboxylic acids is 1. The molecule has 28 heavy (non-hydrogen) atoms. The van der Waals surface area contributed by atoms with Gasteiger partial charge >= 0.3 is 6.03 Å². The number of piperazine rings is 1. The van der Waals surface area contributed by atoms with Gasteiger partial charge in [-0.05, 0) is 45.0 Å². The molecular weight excluding hydrogens is 374 g/mol. The number of nitrogens with zero attached hydrogens (tertiary/aromatic N) is 6. The summed E-state index contributed by atoms with van der Waals surface area (Å²) in [5.74, 6) is 0.453. The number of hydrogen-bond acceptors (Lipinski definition) is 7. The second-order valence-electron chi connectivity index (χ2n) is 7.18. The van der Waals surface area contributed by atoms with E-state index in [4.69, 9.17) is 0 Å². The van der Waals surface area contributed by atoms with Gasteiger partial charge in [-0.25, -0.2) is 4.79 Å². The SMILES string of the molecule is Cc1nnc(-c2ccc3nnc(NC(=O)N4CCN(C(C)C)CC4)cc3c2)s1. The number of carbonyl (C=O) groups is 1. The first-order valence-electron chi connectivity index (χ1n) is 9.37. The number of rotatable bonds is 3. The van der Waals surface area contributed by atoms with Crippen molar-refractivity contribution < 1.29 is 4.79 Å².